The molecule has 1 aliphatic rings. The third kappa shape index (κ3) is 2.87. The summed E-state index contributed by atoms with van der Waals surface area (Å²) in [6, 6.07) is 6.09. The van der Waals surface area contributed by atoms with Gasteiger partial charge < -0.3 is 30.3 Å². The van der Waals surface area contributed by atoms with Gasteiger partial charge in [0, 0.05) is 5.56 Å². The van der Waals surface area contributed by atoms with Crippen LogP contribution in [0.25, 0.3) is 0 Å². The monoisotopic (exact) mass is 312 g/mol. The van der Waals surface area contributed by atoms with Gasteiger partial charge in [-0.15, -0.1) is 0 Å². The Morgan fingerprint density at radius 1 is 1.14 bits per heavy atom. The summed E-state index contributed by atoms with van der Waals surface area (Å²) in [4.78, 5) is 23.8. The zero-order chi connectivity index (χ0) is 16.4. The van der Waals surface area contributed by atoms with Crippen LogP contribution < -0.4 is 0 Å². The fourth-order valence-electron chi connectivity index (χ4n) is 2.20. The number of cyclic esters (lactones) is 1. The Morgan fingerprint density at radius 2 is 1.77 bits per heavy atom. The highest BCUT2D eigenvalue weighted by molar-refractivity contribution is 6.01. The van der Waals surface area contributed by atoms with E-state index in [1.807, 2.05) is 0 Å². The molecule has 5 unspecified atom stereocenters. The predicted octanol–water partition coefficient (Wildman–Crippen LogP) is -2.10. The SMILES string of the molecule is O=C1OC(C(=O)C(O)C(O)C(O)C(O)CO)c2ccccc21. The van der Waals surface area contributed by atoms with Crippen molar-refractivity contribution in [1.29, 1.82) is 0 Å². The van der Waals surface area contributed by atoms with Gasteiger partial charge in [0.1, 0.15) is 24.4 Å². The predicted molar refractivity (Wildman–Crippen MR) is 70.7 cm³/mol. The number of carbonyl (C=O) groups excluding carboxylic acids is 2. The smallest absolute Gasteiger partial charge is 0.339 e. The molecule has 0 bridgehead atoms. The zero-order valence-corrected chi connectivity index (χ0v) is 11.4. The summed E-state index contributed by atoms with van der Waals surface area (Å²) in [7, 11) is 0. The summed E-state index contributed by atoms with van der Waals surface area (Å²) < 4.78 is 4.88. The van der Waals surface area contributed by atoms with Crippen LogP contribution in [-0.4, -0.2) is 68.3 Å². The van der Waals surface area contributed by atoms with E-state index in [0.717, 1.165) is 0 Å². The number of aliphatic hydroxyl groups is 5. The van der Waals surface area contributed by atoms with Crippen LogP contribution in [0.4, 0.5) is 0 Å². The first-order chi connectivity index (χ1) is 10.4. The van der Waals surface area contributed by atoms with Gasteiger partial charge in [-0.2, -0.15) is 0 Å². The molecule has 0 aliphatic carbocycles. The molecule has 2 rings (SSSR count). The van der Waals surface area contributed by atoms with Crippen molar-refractivity contribution in [3.05, 3.63) is 35.4 Å². The van der Waals surface area contributed by atoms with Crippen LogP contribution in [0, 0.1) is 0 Å². The van der Waals surface area contributed by atoms with E-state index in [9.17, 15) is 30.0 Å². The number of benzene rings is 1. The first-order valence-electron chi connectivity index (χ1n) is 6.55. The molecule has 0 aromatic heterocycles. The lowest BCUT2D eigenvalue weighted by Crippen LogP contribution is -2.49. The second-order valence-corrected chi connectivity index (χ2v) is 4.95. The van der Waals surface area contributed by atoms with Gasteiger partial charge in [-0.25, -0.2) is 4.79 Å². The first kappa shape index (κ1) is 16.5. The number of rotatable bonds is 6. The van der Waals surface area contributed by atoms with E-state index in [-0.39, 0.29) is 11.1 Å². The molecule has 1 aliphatic heterocycles. The molecule has 1 aromatic carbocycles. The Labute approximate surface area is 125 Å². The minimum Gasteiger partial charge on any atom is -0.446 e. The third-order valence-corrected chi connectivity index (χ3v) is 3.49. The molecule has 5 N–H and O–H groups in total. The Kier molecular flexibility index (Phi) is 4.89. The highest BCUT2D eigenvalue weighted by Gasteiger charge is 2.43. The highest BCUT2D eigenvalue weighted by Crippen LogP contribution is 2.32. The van der Waals surface area contributed by atoms with E-state index >= 15 is 0 Å². The van der Waals surface area contributed by atoms with Crippen LogP contribution in [0.5, 0.6) is 0 Å². The van der Waals surface area contributed by atoms with E-state index < -0.39 is 48.9 Å². The summed E-state index contributed by atoms with van der Waals surface area (Å²) in [6.45, 7) is -0.861. The third-order valence-electron chi connectivity index (χ3n) is 3.49. The van der Waals surface area contributed by atoms with Crippen molar-refractivity contribution in [2.24, 2.45) is 0 Å². The number of ketones is 1. The minimum atomic E-state index is -2.10. The number of carbonyl (C=O) groups is 2. The summed E-state index contributed by atoms with van der Waals surface area (Å²) >= 11 is 0. The molecule has 0 saturated heterocycles. The Bertz CT molecular complexity index is 572. The number of hydrogen-bond donors (Lipinski definition) is 5. The van der Waals surface area contributed by atoms with Gasteiger partial charge >= 0.3 is 5.97 Å². The van der Waals surface area contributed by atoms with Crippen LogP contribution in [0.15, 0.2) is 24.3 Å². The highest BCUT2D eigenvalue weighted by atomic mass is 16.6. The fourth-order valence-corrected chi connectivity index (χ4v) is 2.20. The lowest BCUT2D eigenvalue weighted by atomic mass is 9.94. The number of hydrogen-bond acceptors (Lipinski definition) is 8. The Balaban J connectivity index is 2.17. The maximum atomic E-state index is 12.2. The lowest BCUT2D eigenvalue weighted by molar-refractivity contribution is -0.154. The van der Waals surface area contributed by atoms with Gasteiger partial charge in [-0.05, 0) is 6.07 Å². The number of esters is 1. The van der Waals surface area contributed by atoms with Crippen molar-refractivity contribution in [1.82, 2.24) is 0 Å². The minimum absolute atomic E-state index is 0.179. The molecule has 0 fully saturated rings. The van der Waals surface area contributed by atoms with Gasteiger partial charge in [-0.3, -0.25) is 4.79 Å². The fraction of sp³-hybridized carbons (Fsp3) is 0.429. The summed E-state index contributed by atoms with van der Waals surface area (Å²) in [5, 5.41) is 47.0. The molecule has 1 aromatic rings. The first-order valence-corrected chi connectivity index (χ1v) is 6.55. The van der Waals surface area contributed by atoms with Crippen LogP contribution in [0.3, 0.4) is 0 Å². The van der Waals surface area contributed by atoms with Crippen LogP contribution in [0.2, 0.25) is 0 Å². The van der Waals surface area contributed by atoms with E-state index in [1.165, 1.54) is 12.1 Å². The normalized spacial score (nSPS) is 22.4. The maximum absolute atomic E-state index is 12.2. The van der Waals surface area contributed by atoms with E-state index in [0.29, 0.717) is 0 Å². The quantitative estimate of drug-likeness (QED) is 0.376. The molecule has 0 radical (unpaired) electrons. The molecule has 8 heteroatoms. The van der Waals surface area contributed by atoms with Crippen LogP contribution in [-0.2, 0) is 9.53 Å². The molecule has 120 valence electrons. The number of aliphatic hydroxyl groups excluding tert-OH is 5. The average Bonchev–Trinajstić information content (AvgIpc) is 2.88. The number of ether oxygens (including phenoxy) is 1. The molecule has 0 spiro atoms. The van der Waals surface area contributed by atoms with E-state index in [2.05, 4.69) is 0 Å². The topological polar surface area (TPSA) is 145 Å². The Morgan fingerprint density at radius 3 is 2.41 bits per heavy atom. The van der Waals surface area contributed by atoms with Crippen molar-refractivity contribution in [2.45, 2.75) is 30.5 Å². The summed E-state index contributed by atoms with van der Waals surface area (Å²) in [6.07, 6.45) is -9.19. The van der Waals surface area contributed by atoms with Crippen molar-refractivity contribution >= 4 is 11.8 Å². The summed E-state index contributed by atoms with van der Waals surface area (Å²) in [5.41, 5.74) is 0.430. The number of fused-ring (bicyclic) bond motifs is 1. The van der Waals surface area contributed by atoms with Gasteiger partial charge in [0.05, 0.1) is 12.2 Å². The molecular weight excluding hydrogens is 296 g/mol. The molecule has 1 heterocycles. The van der Waals surface area contributed by atoms with Crippen molar-refractivity contribution in [2.75, 3.05) is 6.61 Å². The number of Topliss-reactive ketones (excluding diaryl/α,β-unsaturated/α-hetero) is 1. The molecule has 8 nitrogen and oxygen atoms in total. The second-order valence-electron chi connectivity index (χ2n) is 4.95. The maximum Gasteiger partial charge on any atom is 0.339 e. The van der Waals surface area contributed by atoms with Gasteiger partial charge in [0.15, 0.2) is 6.10 Å². The molecule has 5 atom stereocenters. The van der Waals surface area contributed by atoms with Crippen molar-refractivity contribution < 1.29 is 39.9 Å². The average molecular weight is 312 g/mol. The second kappa shape index (κ2) is 6.51. The van der Waals surface area contributed by atoms with Crippen molar-refractivity contribution in [3.8, 4) is 0 Å². The van der Waals surface area contributed by atoms with Gasteiger partial charge in [-0.1, -0.05) is 18.2 Å². The zero-order valence-electron chi connectivity index (χ0n) is 11.4. The summed E-state index contributed by atoms with van der Waals surface area (Å²) in [5.74, 6) is -1.76. The van der Waals surface area contributed by atoms with E-state index in [4.69, 9.17) is 9.84 Å². The molecule has 0 saturated carbocycles. The van der Waals surface area contributed by atoms with E-state index in [1.54, 1.807) is 12.1 Å². The molecule has 0 amide bonds. The largest absolute Gasteiger partial charge is 0.446 e. The van der Waals surface area contributed by atoms with Crippen LogP contribution >= 0.6 is 0 Å². The van der Waals surface area contributed by atoms with Gasteiger partial charge in [0.2, 0.25) is 5.78 Å². The lowest BCUT2D eigenvalue weighted by Gasteiger charge is -2.26. The molecular formula is C14H16O8. The standard InChI is InChI=1S/C14H16O8/c15-5-8(16)9(17)10(18)11(19)12(20)13-6-3-1-2-4-7(6)14(21)22-13/h1-4,8-11,13,15-19H,5H2. The van der Waals surface area contributed by atoms with Crippen LogP contribution in [0.1, 0.15) is 22.0 Å². The van der Waals surface area contributed by atoms with Gasteiger partial charge in [0.25, 0.3) is 0 Å². The molecule has 22 heavy (non-hydrogen) atoms. The van der Waals surface area contributed by atoms with Crippen molar-refractivity contribution in [3.63, 3.8) is 0 Å². The Hall–Kier alpha value is -1.84.